The van der Waals surface area contributed by atoms with E-state index in [4.69, 9.17) is 4.74 Å². The van der Waals surface area contributed by atoms with E-state index in [2.05, 4.69) is 17.6 Å². The van der Waals surface area contributed by atoms with Gasteiger partial charge in [-0.25, -0.2) is 0 Å². The molecular weight excluding hydrogens is 248 g/mol. The summed E-state index contributed by atoms with van der Waals surface area (Å²) in [7, 11) is 0. The third kappa shape index (κ3) is 6.58. The monoisotopic (exact) mass is 268 g/mol. The van der Waals surface area contributed by atoms with Gasteiger partial charge in [-0.3, -0.25) is 4.79 Å². The van der Waals surface area contributed by atoms with E-state index < -0.39 is 0 Å². The predicted molar refractivity (Wildman–Crippen MR) is 70.5 cm³/mol. The molecule has 0 saturated carbocycles. The number of carbonyl (C=O) groups is 1. The molecule has 0 spiro atoms. The second-order valence-electron chi connectivity index (χ2n) is 3.78. The average molecular weight is 269 g/mol. The molecule has 4 nitrogen and oxygen atoms in total. The number of ether oxygens (including phenoxy) is 1. The average Bonchev–Trinajstić information content (AvgIpc) is 2.27. The van der Waals surface area contributed by atoms with Crippen LogP contribution >= 0.6 is 24.2 Å². The molecule has 2 atom stereocenters. The van der Waals surface area contributed by atoms with E-state index in [0.29, 0.717) is 18.3 Å². The van der Waals surface area contributed by atoms with Gasteiger partial charge in [-0.1, -0.05) is 6.92 Å². The van der Waals surface area contributed by atoms with E-state index >= 15 is 0 Å². The third-order valence-corrected chi connectivity index (χ3v) is 3.39. The maximum absolute atomic E-state index is 11.5. The van der Waals surface area contributed by atoms with Crippen LogP contribution in [-0.4, -0.2) is 49.8 Å². The molecule has 1 fully saturated rings. The quantitative estimate of drug-likeness (QED) is 0.769. The molecule has 0 bridgehead atoms. The van der Waals surface area contributed by atoms with Crippen LogP contribution < -0.4 is 10.6 Å². The topological polar surface area (TPSA) is 50.4 Å². The normalized spacial score (nSPS) is 22.0. The third-order valence-electron chi connectivity index (χ3n) is 2.42. The zero-order chi connectivity index (χ0) is 11.1. The first kappa shape index (κ1) is 16.0. The van der Waals surface area contributed by atoms with E-state index in [1.807, 2.05) is 6.26 Å². The van der Waals surface area contributed by atoms with Crippen molar-refractivity contribution in [1.82, 2.24) is 10.6 Å². The SMILES string of the molecule is CSC(C)CNC(=O)CC1COCCN1.Cl. The Bertz CT molecular complexity index is 201. The Labute approximate surface area is 108 Å². The number of carbonyl (C=O) groups excluding carboxylic acids is 1. The maximum atomic E-state index is 11.5. The van der Waals surface area contributed by atoms with E-state index in [9.17, 15) is 4.79 Å². The molecule has 0 aromatic rings. The van der Waals surface area contributed by atoms with Gasteiger partial charge >= 0.3 is 0 Å². The maximum Gasteiger partial charge on any atom is 0.221 e. The number of morpholine rings is 1. The minimum Gasteiger partial charge on any atom is -0.378 e. The van der Waals surface area contributed by atoms with Crippen LogP contribution in [0.25, 0.3) is 0 Å². The number of thioether (sulfide) groups is 1. The van der Waals surface area contributed by atoms with Crippen molar-refractivity contribution >= 4 is 30.1 Å². The van der Waals surface area contributed by atoms with Gasteiger partial charge in [-0.15, -0.1) is 12.4 Å². The summed E-state index contributed by atoms with van der Waals surface area (Å²) < 4.78 is 5.28. The molecule has 1 saturated heterocycles. The van der Waals surface area contributed by atoms with Crippen LogP contribution in [0.5, 0.6) is 0 Å². The minimum atomic E-state index is 0. The van der Waals surface area contributed by atoms with Gasteiger partial charge in [0.05, 0.1) is 13.2 Å². The predicted octanol–water partition coefficient (Wildman–Crippen LogP) is 0.654. The highest BCUT2D eigenvalue weighted by atomic mass is 35.5. The van der Waals surface area contributed by atoms with Gasteiger partial charge in [-0.2, -0.15) is 11.8 Å². The summed E-state index contributed by atoms with van der Waals surface area (Å²) >= 11 is 1.76. The van der Waals surface area contributed by atoms with Crippen LogP contribution in [0.4, 0.5) is 0 Å². The molecule has 0 radical (unpaired) electrons. The highest BCUT2D eigenvalue weighted by Crippen LogP contribution is 2.03. The van der Waals surface area contributed by atoms with Gasteiger partial charge in [0, 0.05) is 30.8 Å². The fourth-order valence-electron chi connectivity index (χ4n) is 1.39. The Balaban J connectivity index is 0.00000225. The van der Waals surface area contributed by atoms with Crippen molar-refractivity contribution in [3.8, 4) is 0 Å². The van der Waals surface area contributed by atoms with Crippen LogP contribution in [0.15, 0.2) is 0 Å². The van der Waals surface area contributed by atoms with Gasteiger partial charge in [0.25, 0.3) is 0 Å². The number of amides is 1. The molecule has 1 rings (SSSR count). The summed E-state index contributed by atoms with van der Waals surface area (Å²) in [4.78, 5) is 11.5. The highest BCUT2D eigenvalue weighted by Gasteiger charge is 2.16. The summed E-state index contributed by atoms with van der Waals surface area (Å²) in [5.41, 5.74) is 0. The highest BCUT2D eigenvalue weighted by molar-refractivity contribution is 7.99. The Morgan fingerprint density at radius 1 is 1.69 bits per heavy atom. The van der Waals surface area contributed by atoms with Crippen molar-refractivity contribution in [3.05, 3.63) is 0 Å². The number of rotatable bonds is 5. The summed E-state index contributed by atoms with van der Waals surface area (Å²) in [6.07, 6.45) is 2.56. The van der Waals surface area contributed by atoms with E-state index in [-0.39, 0.29) is 24.4 Å². The lowest BCUT2D eigenvalue weighted by atomic mass is 10.2. The van der Waals surface area contributed by atoms with Crippen LogP contribution in [0, 0.1) is 0 Å². The van der Waals surface area contributed by atoms with Gasteiger partial charge in [0.15, 0.2) is 0 Å². The molecule has 2 unspecified atom stereocenters. The first-order valence-electron chi connectivity index (χ1n) is 5.33. The van der Waals surface area contributed by atoms with Crippen LogP contribution in [0.2, 0.25) is 0 Å². The summed E-state index contributed by atoms with van der Waals surface area (Å²) in [5, 5.41) is 6.66. The summed E-state index contributed by atoms with van der Waals surface area (Å²) in [6.45, 7) is 5.09. The van der Waals surface area contributed by atoms with Gasteiger partial charge in [-0.05, 0) is 6.26 Å². The van der Waals surface area contributed by atoms with Crippen molar-refractivity contribution in [1.29, 1.82) is 0 Å². The molecule has 1 aliphatic rings. The largest absolute Gasteiger partial charge is 0.378 e. The lowest BCUT2D eigenvalue weighted by Crippen LogP contribution is -2.44. The number of hydrogen-bond acceptors (Lipinski definition) is 4. The van der Waals surface area contributed by atoms with E-state index in [1.54, 1.807) is 11.8 Å². The molecule has 0 aliphatic carbocycles. The molecule has 6 heteroatoms. The Kier molecular flexibility index (Phi) is 9.12. The number of hydrogen-bond donors (Lipinski definition) is 2. The fraction of sp³-hybridized carbons (Fsp3) is 0.900. The van der Waals surface area contributed by atoms with Crippen molar-refractivity contribution in [2.45, 2.75) is 24.6 Å². The number of halogens is 1. The van der Waals surface area contributed by atoms with Crippen molar-refractivity contribution in [2.75, 3.05) is 32.6 Å². The Hall–Kier alpha value is 0.0300. The molecule has 16 heavy (non-hydrogen) atoms. The van der Waals surface area contributed by atoms with E-state index in [0.717, 1.165) is 19.7 Å². The molecule has 1 amide bonds. The molecule has 96 valence electrons. The first-order valence-corrected chi connectivity index (χ1v) is 6.61. The van der Waals surface area contributed by atoms with Crippen molar-refractivity contribution in [2.24, 2.45) is 0 Å². The smallest absolute Gasteiger partial charge is 0.221 e. The summed E-state index contributed by atoms with van der Waals surface area (Å²) in [5.74, 6) is 0.110. The first-order chi connectivity index (χ1) is 7.22. The molecule has 2 N–H and O–H groups in total. The lowest BCUT2D eigenvalue weighted by Gasteiger charge is -2.23. The number of nitrogens with one attached hydrogen (secondary N) is 2. The lowest BCUT2D eigenvalue weighted by molar-refractivity contribution is -0.122. The standard InChI is InChI=1S/C10H20N2O2S.ClH/c1-8(15-2)6-12-10(13)5-9-7-14-4-3-11-9;/h8-9,11H,3-7H2,1-2H3,(H,12,13);1H. The molecule has 1 heterocycles. The van der Waals surface area contributed by atoms with E-state index in [1.165, 1.54) is 0 Å². The van der Waals surface area contributed by atoms with Crippen molar-refractivity contribution in [3.63, 3.8) is 0 Å². The van der Waals surface area contributed by atoms with Gasteiger partial charge in [0.2, 0.25) is 5.91 Å². The van der Waals surface area contributed by atoms with Crippen LogP contribution in [0.3, 0.4) is 0 Å². The summed E-state index contributed by atoms with van der Waals surface area (Å²) in [6, 6.07) is 0.184. The fourth-order valence-corrected chi connectivity index (χ4v) is 1.64. The Morgan fingerprint density at radius 3 is 3.00 bits per heavy atom. The van der Waals surface area contributed by atoms with Gasteiger partial charge < -0.3 is 15.4 Å². The van der Waals surface area contributed by atoms with Crippen LogP contribution in [-0.2, 0) is 9.53 Å². The molecular formula is C10H21ClN2O2S. The zero-order valence-electron chi connectivity index (χ0n) is 9.82. The molecule has 0 aromatic carbocycles. The molecule has 0 aromatic heterocycles. The van der Waals surface area contributed by atoms with Crippen molar-refractivity contribution < 1.29 is 9.53 Å². The Morgan fingerprint density at radius 2 is 2.44 bits per heavy atom. The molecule has 1 aliphatic heterocycles. The second-order valence-corrected chi connectivity index (χ2v) is 5.06. The van der Waals surface area contributed by atoms with Crippen LogP contribution in [0.1, 0.15) is 13.3 Å². The zero-order valence-corrected chi connectivity index (χ0v) is 11.5. The van der Waals surface area contributed by atoms with Gasteiger partial charge in [0.1, 0.15) is 0 Å². The minimum absolute atomic E-state index is 0. The second kappa shape index (κ2) is 9.10.